The van der Waals surface area contributed by atoms with E-state index < -0.39 is 0 Å². The second-order valence-corrected chi connectivity index (χ2v) is 2.69. The molecule has 0 spiro atoms. The maximum Gasteiger partial charge on any atom is 0.0901 e. The third-order valence-corrected chi connectivity index (χ3v) is 1.84. The Morgan fingerprint density at radius 2 is 2.25 bits per heavy atom. The number of rotatable bonds is 5. The van der Waals surface area contributed by atoms with Crippen molar-refractivity contribution in [2.75, 3.05) is 18.1 Å². The molecule has 0 saturated heterocycles. The summed E-state index contributed by atoms with van der Waals surface area (Å²) < 4.78 is 0. The van der Waals surface area contributed by atoms with Gasteiger partial charge in [-0.05, 0) is 12.2 Å². The molecule has 8 heavy (non-hydrogen) atoms. The molecule has 0 atom stereocenters. The van der Waals surface area contributed by atoms with E-state index in [9.17, 15) is 4.91 Å². The third-order valence-electron chi connectivity index (χ3n) is 0.675. The molecule has 0 aliphatic carbocycles. The van der Waals surface area contributed by atoms with Crippen LogP contribution in [-0.2, 0) is 0 Å². The van der Waals surface area contributed by atoms with E-state index in [1.807, 2.05) is 0 Å². The van der Waals surface area contributed by atoms with E-state index in [1.54, 1.807) is 11.8 Å². The van der Waals surface area contributed by atoms with Gasteiger partial charge in [-0.2, -0.15) is 16.7 Å². The van der Waals surface area contributed by atoms with E-state index in [0.29, 0.717) is 6.54 Å². The number of hydrogen-bond acceptors (Lipinski definition) is 3. The van der Waals surface area contributed by atoms with Crippen LogP contribution in [0.3, 0.4) is 0 Å². The molecule has 0 aromatic heterocycles. The summed E-state index contributed by atoms with van der Waals surface area (Å²) >= 11 is 1.78. The van der Waals surface area contributed by atoms with Crippen molar-refractivity contribution in [1.82, 2.24) is 0 Å². The first-order valence-corrected chi connectivity index (χ1v) is 3.94. The van der Waals surface area contributed by atoms with E-state index >= 15 is 0 Å². The summed E-state index contributed by atoms with van der Waals surface area (Å²) in [4.78, 5) is 9.50. The van der Waals surface area contributed by atoms with E-state index in [0.717, 1.165) is 11.5 Å². The minimum absolute atomic E-state index is 0.463. The lowest BCUT2D eigenvalue weighted by Gasteiger charge is -1.90. The van der Waals surface area contributed by atoms with Crippen LogP contribution in [0.4, 0.5) is 0 Å². The lowest BCUT2D eigenvalue weighted by Crippen LogP contribution is -1.84. The van der Waals surface area contributed by atoms with Crippen molar-refractivity contribution in [3.63, 3.8) is 0 Å². The molecule has 0 aliphatic rings. The van der Waals surface area contributed by atoms with Gasteiger partial charge in [-0.1, -0.05) is 12.1 Å². The first kappa shape index (κ1) is 7.95. The summed E-state index contributed by atoms with van der Waals surface area (Å²) in [5, 5.41) is 2.74. The van der Waals surface area contributed by atoms with Crippen molar-refractivity contribution < 1.29 is 0 Å². The molecule has 0 unspecified atom stereocenters. The Morgan fingerprint density at radius 3 is 2.75 bits per heavy atom. The lowest BCUT2D eigenvalue weighted by molar-refractivity contribution is 1.09. The Labute approximate surface area is 54.0 Å². The highest BCUT2D eigenvalue weighted by molar-refractivity contribution is 7.99. The quantitative estimate of drug-likeness (QED) is 0.423. The van der Waals surface area contributed by atoms with Crippen LogP contribution >= 0.6 is 11.8 Å². The molecule has 3 heteroatoms. The van der Waals surface area contributed by atoms with Gasteiger partial charge in [0.25, 0.3) is 0 Å². The average Bonchev–Trinajstić information content (AvgIpc) is 1.81. The monoisotopic (exact) mass is 133 g/mol. The summed E-state index contributed by atoms with van der Waals surface area (Å²) in [5.74, 6) is 2.03. The molecule has 0 aromatic carbocycles. The largest absolute Gasteiger partial charge is 0.160 e. The first-order chi connectivity index (χ1) is 3.91. The van der Waals surface area contributed by atoms with Gasteiger partial charge in [0.2, 0.25) is 0 Å². The van der Waals surface area contributed by atoms with Crippen molar-refractivity contribution in [3.8, 4) is 0 Å². The Bertz CT molecular complexity index is 58.4. The average molecular weight is 133 g/mol. The zero-order valence-corrected chi connectivity index (χ0v) is 5.91. The third kappa shape index (κ3) is 5.95. The van der Waals surface area contributed by atoms with Gasteiger partial charge in [-0.15, -0.1) is 0 Å². The van der Waals surface area contributed by atoms with Gasteiger partial charge in [0.1, 0.15) is 0 Å². The van der Waals surface area contributed by atoms with Crippen molar-refractivity contribution in [2.24, 2.45) is 5.18 Å². The van der Waals surface area contributed by atoms with Crippen LogP contribution in [0.1, 0.15) is 13.3 Å². The number of nitroso groups, excluding NO2 is 1. The predicted octanol–water partition coefficient (Wildman–Crippen LogP) is 1.90. The van der Waals surface area contributed by atoms with Crippen LogP contribution in [0.25, 0.3) is 0 Å². The molecule has 0 saturated carbocycles. The summed E-state index contributed by atoms with van der Waals surface area (Å²) in [6, 6.07) is 0. The minimum atomic E-state index is 0.463. The predicted molar refractivity (Wildman–Crippen MR) is 38.3 cm³/mol. The standard InChI is InChI=1S/C5H11NOS/c1-2-4-8-5-3-6-7/h2-5H2,1H3. The summed E-state index contributed by atoms with van der Waals surface area (Å²) in [6.07, 6.45) is 1.18. The highest BCUT2D eigenvalue weighted by Gasteiger charge is 1.83. The number of thioether (sulfide) groups is 1. The second-order valence-electron chi connectivity index (χ2n) is 1.47. The molecule has 0 N–H and O–H groups in total. The van der Waals surface area contributed by atoms with Crippen LogP contribution in [-0.4, -0.2) is 18.1 Å². The first-order valence-electron chi connectivity index (χ1n) is 2.78. The SMILES string of the molecule is CCCSCCN=O. The minimum Gasteiger partial charge on any atom is -0.160 e. The fourth-order valence-electron chi connectivity index (χ4n) is 0.348. The second kappa shape index (κ2) is 6.95. The van der Waals surface area contributed by atoms with Gasteiger partial charge in [0, 0.05) is 5.75 Å². The molecule has 0 amide bonds. The smallest absolute Gasteiger partial charge is 0.0901 e. The fraction of sp³-hybridized carbons (Fsp3) is 1.00. The molecule has 0 heterocycles. The van der Waals surface area contributed by atoms with Crippen LogP contribution in [0.15, 0.2) is 5.18 Å². The van der Waals surface area contributed by atoms with E-state index in [2.05, 4.69) is 12.1 Å². The van der Waals surface area contributed by atoms with E-state index in [-0.39, 0.29) is 0 Å². The molecule has 0 fully saturated rings. The van der Waals surface area contributed by atoms with Gasteiger partial charge in [0.05, 0.1) is 6.54 Å². The van der Waals surface area contributed by atoms with Gasteiger partial charge in [-0.3, -0.25) is 0 Å². The molecule has 0 rings (SSSR count). The zero-order chi connectivity index (χ0) is 6.24. The maximum absolute atomic E-state index is 9.50. The Hall–Kier alpha value is -0.0500. The van der Waals surface area contributed by atoms with Crippen molar-refractivity contribution in [1.29, 1.82) is 0 Å². The summed E-state index contributed by atoms with van der Waals surface area (Å²) in [5.41, 5.74) is 0. The van der Waals surface area contributed by atoms with Gasteiger partial charge in [0.15, 0.2) is 0 Å². The van der Waals surface area contributed by atoms with Crippen molar-refractivity contribution in [2.45, 2.75) is 13.3 Å². The summed E-state index contributed by atoms with van der Waals surface area (Å²) in [7, 11) is 0. The maximum atomic E-state index is 9.50. The van der Waals surface area contributed by atoms with Crippen LogP contribution in [0, 0.1) is 4.91 Å². The summed E-state index contributed by atoms with van der Waals surface area (Å²) in [6.45, 7) is 2.59. The van der Waals surface area contributed by atoms with Crippen LogP contribution < -0.4 is 0 Å². The van der Waals surface area contributed by atoms with Crippen molar-refractivity contribution in [3.05, 3.63) is 4.91 Å². The Morgan fingerprint density at radius 1 is 1.50 bits per heavy atom. The molecule has 0 radical (unpaired) electrons. The molecule has 2 nitrogen and oxygen atoms in total. The Kier molecular flexibility index (Phi) is 6.91. The topological polar surface area (TPSA) is 29.4 Å². The van der Waals surface area contributed by atoms with E-state index in [1.165, 1.54) is 6.42 Å². The van der Waals surface area contributed by atoms with Crippen LogP contribution in [0.2, 0.25) is 0 Å². The fourth-order valence-corrected chi connectivity index (χ4v) is 1.04. The normalized spacial score (nSPS) is 9.12. The van der Waals surface area contributed by atoms with Crippen molar-refractivity contribution >= 4 is 11.8 Å². The number of hydrogen-bond donors (Lipinski definition) is 0. The van der Waals surface area contributed by atoms with Gasteiger partial charge in [-0.25, -0.2) is 0 Å². The lowest BCUT2D eigenvalue weighted by atomic mass is 10.6. The highest BCUT2D eigenvalue weighted by atomic mass is 32.2. The Balaban J connectivity index is 2.62. The highest BCUT2D eigenvalue weighted by Crippen LogP contribution is 2.00. The van der Waals surface area contributed by atoms with Gasteiger partial charge < -0.3 is 0 Å². The zero-order valence-electron chi connectivity index (χ0n) is 5.09. The molecule has 0 bridgehead atoms. The molecule has 0 aliphatic heterocycles. The van der Waals surface area contributed by atoms with E-state index in [4.69, 9.17) is 0 Å². The number of nitrogens with zero attached hydrogens (tertiary/aromatic N) is 1. The molecular formula is C5H11NOS. The van der Waals surface area contributed by atoms with Crippen LogP contribution in [0.5, 0.6) is 0 Å². The molecular weight excluding hydrogens is 122 g/mol. The molecule has 0 aromatic rings. The molecule has 48 valence electrons. The van der Waals surface area contributed by atoms with Gasteiger partial charge >= 0.3 is 0 Å².